The Labute approximate surface area is 328 Å². The normalized spacial score (nSPS) is 17.4. The summed E-state index contributed by atoms with van der Waals surface area (Å²) < 4.78 is 0. The Kier molecular flexibility index (Phi) is 7.37. The van der Waals surface area contributed by atoms with E-state index in [-0.39, 0.29) is 0 Å². The molecular formula is C55H37N. The second-order valence-electron chi connectivity index (χ2n) is 15.0. The van der Waals surface area contributed by atoms with Crippen LogP contribution in [0.25, 0.3) is 44.8 Å². The van der Waals surface area contributed by atoms with Gasteiger partial charge in [0.2, 0.25) is 0 Å². The molecule has 0 radical (unpaired) electrons. The highest BCUT2D eigenvalue weighted by atomic mass is 14.7. The van der Waals surface area contributed by atoms with Crippen molar-refractivity contribution in [2.24, 2.45) is 0 Å². The molecule has 2 atom stereocenters. The highest BCUT2D eigenvalue weighted by molar-refractivity contribution is 5.92. The number of fused-ring (bicyclic) bond motifs is 5. The number of nitrogens with zero attached hydrogens (tertiary/aromatic N) is 1. The highest BCUT2D eigenvalue weighted by Gasteiger charge is 2.57. The molecule has 1 heterocycles. The SMILES string of the molecule is c1ccc(-c2cc(-c3ccc(C4(c5ccccc5)c5ccccc5C5(c6ccccc6)c6ccccc6-c6cccc4c65)cc3)cc(-c3ccccc3)n2)cc1. The second kappa shape index (κ2) is 12.8. The predicted molar refractivity (Wildman–Crippen MR) is 230 cm³/mol. The van der Waals surface area contributed by atoms with Gasteiger partial charge in [0.05, 0.1) is 22.2 Å². The van der Waals surface area contributed by atoms with Gasteiger partial charge in [-0.3, -0.25) is 0 Å². The van der Waals surface area contributed by atoms with Crippen LogP contribution in [0.15, 0.2) is 224 Å². The van der Waals surface area contributed by atoms with Crippen molar-refractivity contribution in [1.29, 1.82) is 0 Å². The van der Waals surface area contributed by atoms with Crippen LogP contribution < -0.4 is 0 Å². The number of hydrogen-bond acceptors (Lipinski definition) is 1. The van der Waals surface area contributed by atoms with Crippen LogP contribution >= 0.6 is 0 Å². The minimum Gasteiger partial charge on any atom is -0.248 e. The smallest absolute Gasteiger partial charge is 0.0720 e. The molecule has 1 nitrogen and oxygen atoms in total. The van der Waals surface area contributed by atoms with Gasteiger partial charge in [0, 0.05) is 11.1 Å². The Hall–Kier alpha value is -7.09. The fourth-order valence-corrected chi connectivity index (χ4v) is 9.98. The summed E-state index contributed by atoms with van der Waals surface area (Å²) in [7, 11) is 0. The first kappa shape index (κ1) is 32.3. The van der Waals surface area contributed by atoms with E-state index >= 15 is 0 Å². The van der Waals surface area contributed by atoms with Gasteiger partial charge in [-0.15, -0.1) is 0 Å². The van der Waals surface area contributed by atoms with E-state index in [1.807, 2.05) is 0 Å². The maximum Gasteiger partial charge on any atom is 0.0720 e. The summed E-state index contributed by atoms with van der Waals surface area (Å²) >= 11 is 0. The number of hydrogen-bond donors (Lipinski definition) is 0. The molecule has 0 bridgehead atoms. The molecule has 1 heteroatoms. The van der Waals surface area contributed by atoms with E-state index < -0.39 is 10.8 Å². The Bertz CT molecular complexity index is 2820. The van der Waals surface area contributed by atoms with Crippen LogP contribution in [0.1, 0.15) is 44.5 Å². The van der Waals surface area contributed by atoms with Gasteiger partial charge in [-0.25, -0.2) is 4.98 Å². The molecule has 0 fully saturated rings. The fourth-order valence-electron chi connectivity index (χ4n) is 9.98. The van der Waals surface area contributed by atoms with Crippen molar-refractivity contribution in [3.8, 4) is 44.8 Å². The van der Waals surface area contributed by atoms with Gasteiger partial charge in [0.15, 0.2) is 0 Å². The van der Waals surface area contributed by atoms with Crippen molar-refractivity contribution in [2.45, 2.75) is 10.8 Å². The molecule has 0 aliphatic heterocycles. The first-order valence-corrected chi connectivity index (χ1v) is 19.5. The Morgan fingerprint density at radius 3 is 1.29 bits per heavy atom. The second-order valence-corrected chi connectivity index (χ2v) is 15.0. The van der Waals surface area contributed by atoms with Crippen LogP contribution in [0.5, 0.6) is 0 Å². The third-order valence-corrected chi connectivity index (χ3v) is 12.2. The molecule has 2 unspecified atom stereocenters. The zero-order valence-electron chi connectivity index (χ0n) is 30.8. The average molecular weight is 712 g/mol. The molecule has 9 aromatic rings. The van der Waals surface area contributed by atoms with E-state index in [1.54, 1.807) is 0 Å². The monoisotopic (exact) mass is 711 g/mol. The molecule has 0 N–H and O–H groups in total. The Morgan fingerprint density at radius 1 is 0.268 bits per heavy atom. The average Bonchev–Trinajstić information content (AvgIpc) is 3.60. The van der Waals surface area contributed by atoms with Gasteiger partial charge in [0.1, 0.15) is 0 Å². The van der Waals surface area contributed by atoms with Gasteiger partial charge < -0.3 is 0 Å². The highest BCUT2D eigenvalue weighted by Crippen LogP contribution is 2.65. The van der Waals surface area contributed by atoms with E-state index in [0.717, 1.165) is 33.6 Å². The van der Waals surface area contributed by atoms with Crippen LogP contribution in [0, 0.1) is 0 Å². The molecule has 56 heavy (non-hydrogen) atoms. The number of aromatic nitrogens is 1. The lowest BCUT2D eigenvalue weighted by atomic mass is 9.51. The van der Waals surface area contributed by atoms with Gasteiger partial charge in [0.25, 0.3) is 0 Å². The lowest BCUT2D eigenvalue weighted by molar-refractivity contribution is 0.627. The van der Waals surface area contributed by atoms with Crippen LogP contribution in [-0.4, -0.2) is 4.98 Å². The van der Waals surface area contributed by atoms with Gasteiger partial charge in [-0.1, -0.05) is 212 Å². The Balaban J connectivity index is 1.18. The summed E-state index contributed by atoms with van der Waals surface area (Å²) in [5.74, 6) is 0. The summed E-state index contributed by atoms with van der Waals surface area (Å²) in [5, 5.41) is 0. The molecule has 0 saturated heterocycles. The summed E-state index contributed by atoms with van der Waals surface area (Å²) in [4.78, 5) is 5.16. The predicted octanol–water partition coefficient (Wildman–Crippen LogP) is 13.1. The minimum absolute atomic E-state index is 0.461. The summed E-state index contributed by atoms with van der Waals surface area (Å²) in [5.41, 5.74) is 18.5. The number of rotatable bonds is 6. The van der Waals surface area contributed by atoms with E-state index in [4.69, 9.17) is 4.98 Å². The summed E-state index contributed by atoms with van der Waals surface area (Å²) in [6.07, 6.45) is 0. The molecule has 2 aliphatic rings. The van der Waals surface area contributed by atoms with E-state index in [0.29, 0.717) is 0 Å². The van der Waals surface area contributed by atoms with Crippen LogP contribution in [0.4, 0.5) is 0 Å². The third-order valence-electron chi connectivity index (χ3n) is 12.2. The molecular weight excluding hydrogens is 675 g/mol. The molecule has 2 aliphatic carbocycles. The first-order valence-electron chi connectivity index (χ1n) is 19.5. The molecule has 0 saturated carbocycles. The van der Waals surface area contributed by atoms with Crippen LogP contribution in [-0.2, 0) is 10.8 Å². The maximum absolute atomic E-state index is 5.16. The minimum atomic E-state index is -0.579. The van der Waals surface area contributed by atoms with Crippen molar-refractivity contribution in [3.63, 3.8) is 0 Å². The maximum atomic E-state index is 5.16. The molecule has 262 valence electrons. The van der Waals surface area contributed by atoms with Crippen molar-refractivity contribution in [1.82, 2.24) is 4.98 Å². The lowest BCUT2D eigenvalue weighted by Gasteiger charge is -2.49. The van der Waals surface area contributed by atoms with Crippen molar-refractivity contribution in [3.05, 3.63) is 269 Å². The number of pyridine rings is 1. The van der Waals surface area contributed by atoms with E-state index in [9.17, 15) is 0 Å². The molecule has 8 aromatic carbocycles. The summed E-state index contributed by atoms with van der Waals surface area (Å²) in [6.45, 7) is 0. The van der Waals surface area contributed by atoms with Crippen molar-refractivity contribution in [2.75, 3.05) is 0 Å². The molecule has 0 amide bonds. The molecule has 1 aromatic heterocycles. The van der Waals surface area contributed by atoms with Gasteiger partial charge in [-0.05, 0) is 78.9 Å². The summed E-state index contributed by atoms with van der Waals surface area (Å²) in [6, 6.07) is 82.5. The van der Waals surface area contributed by atoms with Crippen LogP contribution in [0.2, 0.25) is 0 Å². The van der Waals surface area contributed by atoms with Gasteiger partial charge >= 0.3 is 0 Å². The standard InChI is InChI=1S/C55H37N/c1-5-18-39(19-6-1)51-36-41(37-52(56-51)40-20-7-2-8-21-40)38-32-34-44(35-33-38)54(42-22-9-3-10-23-42)48-29-15-16-30-49(48)55(43-24-11-4-12-25-43)47-28-14-13-26-45(47)46-27-17-31-50(54)53(46)55/h1-37H. The number of benzene rings is 8. The largest absolute Gasteiger partial charge is 0.248 e. The van der Waals surface area contributed by atoms with Crippen LogP contribution in [0.3, 0.4) is 0 Å². The van der Waals surface area contributed by atoms with Crippen molar-refractivity contribution >= 4 is 0 Å². The topological polar surface area (TPSA) is 12.9 Å². The fraction of sp³-hybridized carbons (Fsp3) is 0.0364. The zero-order chi connectivity index (χ0) is 37.1. The molecule has 11 rings (SSSR count). The zero-order valence-corrected chi connectivity index (χ0v) is 30.8. The quantitative estimate of drug-likeness (QED) is 0.167. The van der Waals surface area contributed by atoms with E-state index in [1.165, 1.54) is 55.6 Å². The lowest BCUT2D eigenvalue weighted by Crippen LogP contribution is -2.44. The molecule has 0 spiro atoms. The first-order chi connectivity index (χ1) is 27.8. The van der Waals surface area contributed by atoms with Crippen molar-refractivity contribution < 1.29 is 0 Å². The third kappa shape index (κ3) is 4.58. The van der Waals surface area contributed by atoms with E-state index in [2.05, 4.69) is 224 Å². The van der Waals surface area contributed by atoms with Gasteiger partial charge in [-0.2, -0.15) is 0 Å². The Morgan fingerprint density at radius 2 is 0.696 bits per heavy atom.